The molecule has 1 N–H and O–H groups in total. The molecule has 0 bridgehead atoms. The molecule has 1 aliphatic rings. The van der Waals surface area contributed by atoms with Crippen molar-refractivity contribution in [3.05, 3.63) is 85.1 Å². The minimum atomic E-state index is -0.182. The first-order valence-electron chi connectivity index (χ1n) is 9.38. The molecule has 0 spiro atoms. The summed E-state index contributed by atoms with van der Waals surface area (Å²) in [4.78, 5) is 43.0. The number of fused-ring (bicyclic) bond motifs is 2. The normalized spacial score (nSPS) is 14.0. The average molecular weight is 466 g/mol. The van der Waals surface area contributed by atoms with Crippen molar-refractivity contribution in [3.8, 4) is 11.4 Å². The quantitative estimate of drug-likeness (QED) is 0.495. The molecule has 0 amide bonds. The number of rotatable bonds is 3. The number of aromatic nitrogens is 4. The van der Waals surface area contributed by atoms with Gasteiger partial charge in [-0.3, -0.25) is 14.5 Å². The van der Waals surface area contributed by atoms with Crippen LogP contribution in [0.2, 0.25) is 0 Å². The average Bonchev–Trinajstić information content (AvgIpc) is 2.77. The number of hydrogen-bond donors (Lipinski definition) is 1. The third kappa shape index (κ3) is 3.46. The van der Waals surface area contributed by atoms with Gasteiger partial charge in [0.2, 0.25) is 0 Å². The van der Waals surface area contributed by atoms with Gasteiger partial charge < -0.3 is 9.40 Å². The van der Waals surface area contributed by atoms with E-state index in [0.717, 1.165) is 10.2 Å². The first-order valence-corrected chi connectivity index (χ1v) is 10.2. The Labute approximate surface area is 178 Å². The number of hydrogen-bond acceptors (Lipinski definition) is 7. The number of nitrogens with zero attached hydrogens (tertiary/aromatic N) is 4. The fraction of sp³-hybridized carbons (Fsp3) is 0.190. The van der Waals surface area contributed by atoms with Crippen LogP contribution in [0.3, 0.4) is 0 Å². The monoisotopic (exact) mass is 465 g/mol. The second-order valence-electron chi connectivity index (χ2n) is 7.16. The molecule has 30 heavy (non-hydrogen) atoms. The zero-order valence-corrected chi connectivity index (χ0v) is 17.3. The van der Waals surface area contributed by atoms with Gasteiger partial charge >= 0.3 is 0 Å². The van der Waals surface area contributed by atoms with Crippen LogP contribution in [0.5, 0.6) is 0 Å². The van der Waals surface area contributed by atoms with E-state index in [1.54, 1.807) is 24.5 Å². The second kappa shape index (κ2) is 7.58. The molecule has 8 nitrogen and oxygen atoms in total. The van der Waals surface area contributed by atoms with Crippen LogP contribution >= 0.6 is 15.9 Å². The van der Waals surface area contributed by atoms with Crippen molar-refractivity contribution in [3.63, 3.8) is 0 Å². The van der Waals surface area contributed by atoms with Crippen molar-refractivity contribution < 1.29 is 4.42 Å². The summed E-state index contributed by atoms with van der Waals surface area (Å²) in [5.74, 6) is 0.466. The Morgan fingerprint density at radius 3 is 2.87 bits per heavy atom. The molecule has 4 aromatic rings. The lowest BCUT2D eigenvalue weighted by atomic mass is 10.1. The molecule has 0 saturated carbocycles. The Balaban J connectivity index is 1.43. The Kier molecular flexibility index (Phi) is 4.76. The van der Waals surface area contributed by atoms with Gasteiger partial charge in [0.1, 0.15) is 17.7 Å². The smallest absolute Gasteiger partial charge is 0.255 e. The molecule has 1 aromatic carbocycles. The molecule has 150 valence electrons. The van der Waals surface area contributed by atoms with Crippen molar-refractivity contribution in [1.82, 2.24) is 24.8 Å². The summed E-state index contributed by atoms with van der Waals surface area (Å²) < 4.78 is 6.46. The first kappa shape index (κ1) is 18.8. The van der Waals surface area contributed by atoms with Gasteiger partial charge in [-0.1, -0.05) is 15.9 Å². The minimum Gasteiger partial charge on any atom is -0.464 e. The van der Waals surface area contributed by atoms with Crippen LogP contribution in [0.4, 0.5) is 0 Å². The van der Waals surface area contributed by atoms with Gasteiger partial charge in [0.25, 0.3) is 5.56 Å². The predicted molar refractivity (Wildman–Crippen MR) is 114 cm³/mol. The number of aromatic amines is 1. The third-order valence-corrected chi connectivity index (χ3v) is 5.67. The zero-order valence-electron chi connectivity index (χ0n) is 15.8. The van der Waals surface area contributed by atoms with Crippen LogP contribution in [-0.2, 0) is 19.5 Å². The molecular weight excluding hydrogens is 450 g/mol. The summed E-state index contributed by atoms with van der Waals surface area (Å²) in [6.45, 7) is 1.50. The van der Waals surface area contributed by atoms with Crippen molar-refractivity contribution in [2.24, 2.45) is 0 Å². The van der Waals surface area contributed by atoms with Crippen LogP contribution in [0.1, 0.15) is 16.8 Å². The number of halogens is 1. The van der Waals surface area contributed by atoms with Crippen LogP contribution in [0, 0.1) is 0 Å². The Bertz CT molecular complexity index is 1370. The lowest BCUT2D eigenvalue weighted by Crippen LogP contribution is -2.36. The van der Waals surface area contributed by atoms with E-state index < -0.39 is 0 Å². The maximum atomic E-state index is 12.9. The van der Waals surface area contributed by atoms with Gasteiger partial charge in [-0.15, -0.1) is 0 Å². The number of nitrogens with one attached hydrogen (secondary N) is 1. The topological polar surface area (TPSA) is 105 Å². The standard InChI is InChI=1S/C21H16BrN5O3/c22-14-1-2-18-15(5-14)19(28)13(10-30-18)8-27-4-3-17-16(9-27)21(29)26-20(25-17)12-6-23-11-24-7-12/h1-2,5-7,10-11H,3-4,8-9H2,(H,25,26,29). The van der Waals surface area contributed by atoms with E-state index in [4.69, 9.17) is 4.42 Å². The van der Waals surface area contributed by atoms with E-state index in [0.29, 0.717) is 59.5 Å². The summed E-state index contributed by atoms with van der Waals surface area (Å²) >= 11 is 3.39. The minimum absolute atomic E-state index is 0.0604. The molecular formula is C21H16BrN5O3. The van der Waals surface area contributed by atoms with Crippen LogP contribution in [0.15, 0.2) is 61.7 Å². The SMILES string of the molecule is O=c1[nH]c(-c2cncnc2)nc2c1CN(Cc1coc3ccc(Br)cc3c1=O)CC2. The Morgan fingerprint density at radius 1 is 1.20 bits per heavy atom. The Morgan fingerprint density at radius 2 is 2.03 bits per heavy atom. The maximum Gasteiger partial charge on any atom is 0.255 e. The van der Waals surface area contributed by atoms with Crippen molar-refractivity contribution in [2.45, 2.75) is 19.5 Å². The van der Waals surface area contributed by atoms with Gasteiger partial charge in [-0.05, 0) is 18.2 Å². The van der Waals surface area contributed by atoms with Crippen LogP contribution in [0.25, 0.3) is 22.4 Å². The molecule has 5 rings (SSSR count). The van der Waals surface area contributed by atoms with E-state index in [1.165, 1.54) is 12.6 Å². The van der Waals surface area contributed by atoms with E-state index in [2.05, 4.69) is 40.8 Å². The number of H-pyrrole nitrogens is 1. The van der Waals surface area contributed by atoms with Crippen LogP contribution < -0.4 is 11.0 Å². The lowest BCUT2D eigenvalue weighted by Gasteiger charge is -2.27. The molecule has 1 aliphatic heterocycles. The molecule has 0 atom stereocenters. The third-order valence-electron chi connectivity index (χ3n) is 5.18. The molecule has 3 aromatic heterocycles. The number of benzene rings is 1. The van der Waals surface area contributed by atoms with Gasteiger partial charge in [0.05, 0.1) is 28.5 Å². The highest BCUT2D eigenvalue weighted by Crippen LogP contribution is 2.21. The molecule has 9 heteroatoms. The van der Waals surface area contributed by atoms with E-state index >= 15 is 0 Å². The molecule has 0 saturated heterocycles. The Hall–Kier alpha value is -3.17. The van der Waals surface area contributed by atoms with Crippen molar-refractivity contribution in [2.75, 3.05) is 6.54 Å². The fourth-order valence-corrected chi connectivity index (χ4v) is 4.03. The fourth-order valence-electron chi connectivity index (χ4n) is 3.67. The highest BCUT2D eigenvalue weighted by Gasteiger charge is 2.23. The second-order valence-corrected chi connectivity index (χ2v) is 8.07. The highest BCUT2D eigenvalue weighted by atomic mass is 79.9. The van der Waals surface area contributed by atoms with E-state index in [9.17, 15) is 9.59 Å². The molecule has 0 aliphatic carbocycles. The van der Waals surface area contributed by atoms with Crippen molar-refractivity contribution in [1.29, 1.82) is 0 Å². The van der Waals surface area contributed by atoms with Gasteiger partial charge in [0, 0.05) is 48.5 Å². The predicted octanol–water partition coefficient (Wildman–Crippen LogP) is 2.65. The highest BCUT2D eigenvalue weighted by molar-refractivity contribution is 9.10. The summed E-state index contributed by atoms with van der Waals surface area (Å²) in [6.07, 6.45) is 6.79. The molecule has 4 heterocycles. The lowest BCUT2D eigenvalue weighted by molar-refractivity contribution is 0.239. The molecule has 0 fully saturated rings. The molecule has 0 unspecified atom stereocenters. The first-order chi connectivity index (χ1) is 14.6. The summed E-state index contributed by atoms with van der Waals surface area (Å²) in [7, 11) is 0. The maximum absolute atomic E-state index is 12.9. The van der Waals surface area contributed by atoms with Gasteiger partial charge in [0.15, 0.2) is 5.43 Å². The zero-order chi connectivity index (χ0) is 20.7. The van der Waals surface area contributed by atoms with Crippen molar-refractivity contribution >= 4 is 26.9 Å². The van der Waals surface area contributed by atoms with E-state index in [1.807, 2.05) is 6.07 Å². The largest absolute Gasteiger partial charge is 0.464 e. The molecule has 0 radical (unpaired) electrons. The van der Waals surface area contributed by atoms with Gasteiger partial charge in [-0.2, -0.15) is 0 Å². The summed E-state index contributed by atoms with van der Waals surface area (Å²) in [5.41, 5.74) is 2.92. The van der Waals surface area contributed by atoms with E-state index in [-0.39, 0.29) is 11.0 Å². The van der Waals surface area contributed by atoms with Crippen LogP contribution in [-0.4, -0.2) is 31.4 Å². The van der Waals surface area contributed by atoms with Gasteiger partial charge in [-0.25, -0.2) is 15.0 Å². The summed E-state index contributed by atoms with van der Waals surface area (Å²) in [5, 5.41) is 0.536. The summed E-state index contributed by atoms with van der Waals surface area (Å²) in [6, 6.07) is 5.36.